The van der Waals surface area contributed by atoms with Crippen molar-refractivity contribution in [1.82, 2.24) is 20.4 Å². The van der Waals surface area contributed by atoms with Crippen molar-refractivity contribution in [2.75, 3.05) is 58.9 Å². The minimum absolute atomic E-state index is 0.561. The number of hydrogen-bond donors (Lipinski definition) is 2. The van der Waals surface area contributed by atoms with Crippen LogP contribution in [0.25, 0.3) is 0 Å². The van der Waals surface area contributed by atoms with Crippen LogP contribution in [0.5, 0.6) is 0 Å². The van der Waals surface area contributed by atoms with Crippen LogP contribution in [0.1, 0.15) is 32.6 Å². The zero-order valence-corrected chi connectivity index (χ0v) is 18.5. The quantitative estimate of drug-likeness (QED) is 0.474. The number of hydrogen-bond acceptors (Lipinski definition) is 4. The van der Waals surface area contributed by atoms with E-state index in [9.17, 15) is 0 Å². The fourth-order valence-corrected chi connectivity index (χ4v) is 4.36. The number of likely N-dealkylation sites (N-methyl/N-ethyl adjacent to an activating group) is 1. The van der Waals surface area contributed by atoms with Crippen molar-refractivity contribution in [2.45, 2.75) is 34.1 Å². The molecule has 1 aliphatic heterocycles. The van der Waals surface area contributed by atoms with Gasteiger partial charge in [-0.3, -0.25) is 4.99 Å². The summed E-state index contributed by atoms with van der Waals surface area (Å²) in [5.41, 5.74) is 0. The van der Waals surface area contributed by atoms with Crippen LogP contribution in [0.15, 0.2) is 22.5 Å². The van der Waals surface area contributed by atoms with Gasteiger partial charge in [-0.05, 0) is 43.2 Å². The minimum Gasteiger partial charge on any atom is -0.357 e. The Labute approximate surface area is 170 Å². The first-order valence-corrected chi connectivity index (χ1v) is 11.5. The van der Waals surface area contributed by atoms with Crippen molar-refractivity contribution < 1.29 is 0 Å². The maximum absolute atomic E-state index is 4.81. The van der Waals surface area contributed by atoms with Gasteiger partial charge in [-0.2, -0.15) is 0 Å². The topological polar surface area (TPSA) is 42.9 Å². The molecule has 2 atom stereocenters. The molecular formula is C21H39N5S. The van der Waals surface area contributed by atoms with Crippen molar-refractivity contribution in [3.05, 3.63) is 22.4 Å². The second kappa shape index (κ2) is 12.4. The standard InChI is InChI=1S/C21H39N5S/c1-5-22-21(23-15-18(3)14-20-8-7-13-27-20)24-16-19(4)17-26-11-9-25(6-2)10-12-26/h7-8,13,18-19H,5-6,9-12,14-17H2,1-4H3,(H2,22,23,24). The van der Waals surface area contributed by atoms with Gasteiger partial charge < -0.3 is 20.4 Å². The Morgan fingerprint density at radius 3 is 2.48 bits per heavy atom. The van der Waals surface area contributed by atoms with E-state index in [1.807, 2.05) is 11.3 Å². The first-order valence-electron chi connectivity index (χ1n) is 10.6. The highest BCUT2D eigenvalue weighted by molar-refractivity contribution is 7.09. The average molecular weight is 394 g/mol. The van der Waals surface area contributed by atoms with Gasteiger partial charge in [0, 0.05) is 57.2 Å². The predicted octanol–water partition coefficient (Wildman–Crippen LogP) is 2.76. The number of nitrogens with one attached hydrogen (secondary N) is 2. The highest BCUT2D eigenvalue weighted by Gasteiger charge is 2.17. The van der Waals surface area contributed by atoms with Crippen molar-refractivity contribution in [3.63, 3.8) is 0 Å². The Kier molecular flexibility index (Phi) is 10.2. The molecule has 2 N–H and O–H groups in total. The summed E-state index contributed by atoms with van der Waals surface area (Å²) in [4.78, 5) is 11.4. The first kappa shape index (κ1) is 22.2. The SMILES string of the molecule is CCNC(=NCC(C)Cc1cccs1)NCC(C)CN1CCN(CC)CC1. The second-order valence-electron chi connectivity index (χ2n) is 7.83. The van der Waals surface area contributed by atoms with Crippen LogP contribution in [-0.2, 0) is 6.42 Å². The van der Waals surface area contributed by atoms with Gasteiger partial charge in [0.05, 0.1) is 0 Å². The fourth-order valence-electron chi connectivity index (χ4n) is 3.49. The number of aliphatic imine (C=N–C) groups is 1. The molecule has 0 aliphatic carbocycles. The molecular weight excluding hydrogens is 354 g/mol. The number of guanidine groups is 1. The molecule has 1 fully saturated rings. The molecule has 1 saturated heterocycles. The van der Waals surface area contributed by atoms with Crippen LogP contribution in [0, 0.1) is 11.8 Å². The van der Waals surface area contributed by atoms with E-state index in [0.717, 1.165) is 32.0 Å². The maximum atomic E-state index is 4.81. The van der Waals surface area contributed by atoms with Crippen LogP contribution >= 0.6 is 11.3 Å². The smallest absolute Gasteiger partial charge is 0.191 e. The van der Waals surface area contributed by atoms with Crippen LogP contribution in [0.2, 0.25) is 0 Å². The Hall–Kier alpha value is -1.11. The van der Waals surface area contributed by atoms with E-state index >= 15 is 0 Å². The van der Waals surface area contributed by atoms with Crippen LogP contribution in [0.4, 0.5) is 0 Å². The molecule has 1 aromatic rings. The van der Waals surface area contributed by atoms with E-state index in [2.05, 4.69) is 65.6 Å². The summed E-state index contributed by atoms with van der Waals surface area (Å²) in [6.45, 7) is 18.9. The molecule has 2 heterocycles. The highest BCUT2D eigenvalue weighted by atomic mass is 32.1. The van der Waals surface area contributed by atoms with E-state index in [-0.39, 0.29) is 0 Å². The zero-order valence-electron chi connectivity index (χ0n) is 17.7. The lowest BCUT2D eigenvalue weighted by molar-refractivity contribution is 0.124. The zero-order chi connectivity index (χ0) is 19.5. The third-order valence-electron chi connectivity index (χ3n) is 5.14. The van der Waals surface area contributed by atoms with Gasteiger partial charge in [-0.25, -0.2) is 0 Å². The molecule has 0 aromatic carbocycles. The molecule has 27 heavy (non-hydrogen) atoms. The molecule has 0 radical (unpaired) electrons. The molecule has 1 aromatic heterocycles. The summed E-state index contributed by atoms with van der Waals surface area (Å²) >= 11 is 1.84. The summed E-state index contributed by atoms with van der Waals surface area (Å²) in [6.07, 6.45) is 1.11. The van der Waals surface area contributed by atoms with Gasteiger partial charge in [0.25, 0.3) is 0 Å². The summed E-state index contributed by atoms with van der Waals surface area (Å²) in [7, 11) is 0. The van der Waals surface area contributed by atoms with Crippen LogP contribution in [-0.4, -0.2) is 74.7 Å². The predicted molar refractivity (Wildman–Crippen MR) is 119 cm³/mol. The van der Waals surface area contributed by atoms with Gasteiger partial charge in [-0.1, -0.05) is 26.8 Å². The third-order valence-corrected chi connectivity index (χ3v) is 6.03. The van der Waals surface area contributed by atoms with Crippen molar-refractivity contribution in [1.29, 1.82) is 0 Å². The number of nitrogens with zero attached hydrogens (tertiary/aromatic N) is 3. The lowest BCUT2D eigenvalue weighted by Gasteiger charge is -2.35. The third kappa shape index (κ3) is 8.62. The Morgan fingerprint density at radius 2 is 1.85 bits per heavy atom. The molecule has 0 spiro atoms. The molecule has 1 aliphatic rings. The summed E-state index contributed by atoms with van der Waals surface area (Å²) < 4.78 is 0. The van der Waals surface area contributed by atoms with Crippen LogP contribution < -0.4 is 10.6 Å². The number of thiophene rings is 1. The van der Waals surface area contributed by atoms with Gasteiger partial charge >= 0.3 is 0 Å². The molecule has 0 amide bonds. The largest absolute Gasteiger partial charge is 0.357 e. The van der Waals surface area contributed by atoms with Crippen molar-refractivity contribution in [3.8, 4) is 0 Å². The van der Waals surface area contributed by atoms with Crippen molar-refractivity contribution in [2.24, 2.45) is 16.8 Å². The molecule has 2 rings (SSSR count). The van der Waals surface area contributed by atoms with Gasteiger partial charge in [0.2, 0.25) is 0 Å². The fraction of sp³-hybridized carbons (Fsp3) is 0.762. The first-order chi connectivity index (χ1) is 13.1. The van der Waals surface area contributed by atoms with E-state index in [4.69, 9.17) is 4.99 Å². The molecule has 2 unspecified atom stereocenters. The van der Waals surface area contributed by atoms with Gasteiger partial charge in [0.15, 0.2) is 5.96 Å². The summed E-state index contributed by atoms with van der Waals surface area (Å²) in [6, 6.07) is 4.35. The summed E-state index contributed by atoms with van der Waals surface area (Å²) in [5.74, 6) is 2.13. The van der Waals surface area contributed by atoms with Gasteiger partial charge in [0.1, 0.15) is 0 Å². The van der Waals surface area contributed by atoms with E-state index in [1.165, 1.54) is 44.1 Å². The normalized spacial score (nSPS) is 19.0. The molecule has 0 bridgehead atoms. The van der Waals surface area contributed by atoms with E-state index < -0.39 is 0 Å². The number of rotatable bonds is 10. The Morgan fingerprint density at radius 1 is 1.11 bits per heavy atom. The van der Waals surface area contributed by atoms with Crippen molar-refractivity contribution >= 4 is 17.3 Å². The molecule has 154 valence electrons. The molecule has 0 saturated carbocycles. The monoisotopic (exact) mass is 393 g/mol. The lowest BCUT2D eigenvalue weighted by Crippen LogP contribution is -2.48. The lowest BCUT2D eigenvalue weighted by atomic mass is 10.1. The average Bonchev–Trinajstić information content (AvgIpc) is 3.17. The molecule has 5 nitrogen and oxygen atoms in total. The minimum atomic E-state index is 0.561. The van der Waals surface area contributed by atoms with E-state index in [1.54, 1.807) is 0 Å². The second-order valence-corrected chi connectivity index (χ2v) is 8.86. The van der Waals surface area contributed by atoms with Crippen LogP contribution in [0.3, 0.4) is 0 Å². The highest BCUT2D eigenvalue weighted by Crippen LogP contribution is 2.14. The van der Waals surface area contributed by atoms with Gasteiger partial charge in [-0.15, -0.1) is 11.3 Å². The summed E-state index contributed by atoms with van der Waals surface area (Å²) in [5, 5.41) is 9.09. The Bertz CT molecular complexity index is 523. The number of piperazine rings is 1. The van der Waals surface area contributed by atoms with E-state index in [0.29, 0.717) is 11.8 Å². The molecule has 6 heteroatoms. The maximum Gasteiger partial charge on any atom is 0.191 e. The Balaban J connectivity index is 1.70.